The first-order chi connectivity index (χ1) is 19.1. The minimum atomic E-state index is -0.195. The number of hydrogen-bond acceptors (Lipinski definition) is 2. The highest BCUT2D eigenvalue weighted by atomic mass is 16.2. The van der Waals surface area contributed by atoms with Crippen molar-refractivity contribution in [2.45, 2.75) is 32.1 Å². The molecule has 0 fully saturated rings. The van der Waals surface area contributed by atoms with E-state index < -0.39 is 0 Å². The largest absolute Gasteiger partial charge is 0.338 e. The van der Waals surface area contributed by atoms with Gasteiger partial charge in [-0.1, -0.05) is 84.9 Å². The molecular weight excluding hydrogens is 484 g/mol. The molecule has 0 saturated carbocycles. The monoisotopic (exact) mass is 520 g/mol. The number of aryl methyl sites for hydroxylation is 2. The second-order valence-corrected chi connectivity index (χ2v) is 9.51. The summed E-state index contributed by atoms with van der Waals surface area (Å²) in [6.45, 7) is 1.25. The van der Waals surface area contributed by atoms with Crippen LogP contribution in [-0.4, -0.2) is 25.2 Å². The molecule has 0 unspecified atom stereocenters. The Morgan fingerprint density at radius 3 is 1.23 bits per heavy atom. The molecule has 200 valence electrons. The van der Waals surface area contributed by atoms with Gasteiger partial charge >= 0.3 is 12.1 Å². The van der Waals surface area contributed by atoms with Gasteiger partial charge in [-0.3, -0.25) is 0 Å². The van der Waals surface area contributed by atoms with Crippen LogP contribution in [0, 0.1) is 0 Å². The third kappa shape index (κ3) is 10.0. The van der Waals surface area contributed by atoms with Crippen LogP contribution in [-0.2, 0) is 19.3 Å². The van der Waals surface area contributed by atoms with E-state index in [4.69, 9.17) is 0 Å². The minimum absolute atomic E-state index is 0.195. The van der Waals surface area contributed by atoms with Gasteiger partial charge in [-0.25, -0.2) is 9.59 Å². The van der Waals surface area contributed by atoms with E-state index in [1.165, 1.54) is 11.1 Å². The van der Waals surface area contributed by atoms with Crippen LogP contribution in [0.1, 0.15) is 35.1 Å². The Balaban J connectivity index is 1.13. The van der Waals surface area contributed by atoms with Crippen molar-refractivity contribution >= 4 is 23.4 Å². The van der Waals surface area contributed by atoms with Crippen LogP contribution in [0.5, 0.6) is 0 Å². The van der Waals surface area contributed by atoms with Gasteiger partial charge in [-0.15, -0.1) is 0 Å². The molecular formula is C33H36N4O2. The van der Waals surface area contributed by atoms with Crippen LogP contribution in [0.3, 0.4) is 0 Å². The van der Waals surface area contributed by atoms with Crippen molar-refractivity contribution in [2.75, 3.05) is 23.7 Å². The normalized spacial score (nSPS) is 10.5. The fraction of sp³-hybridized carbons (Fsp3) is 0.212. The zero-order valence-electron chi connectivity index (χ0n) is 22.2. The average Bonchev–Trinajstić information content (AvgIpc) is 2.97. The van der Waals surface area contributed by atoms with Crippen LogP contribution in [0.4, 0.5) is 21.0 Å². The zero-order valence-corrected chi connectivity index (χ0v) is 22.2. The number of hydrogen-bond donors (Lipinski definition) is 4. The number of benzene rings is 4. The van der Waals surface area contributed by atoms with Crippen LogP contribution in [0.2, 0.25) is 0 Å². The molecule has 4 aromatic rings. The van der Waals surface area contributed by atoms with E-state index in [-0.39, 0.29) is 12.1 Å². The maximum absolute atomic E-state index is 12.2. The molecule has 4 N–H and O–H groups in total. The van der Waals surface area contributed by atoms with E-state index in [9.17, 15) is 9.59 Å². The fourth-order valence-corrected chi connectivity index (χ4v) is 4.28. The van der Waals surface area contributed by atoms with Crippen LogP contribution in [0.15, 0.2) is 109 Å². The van der Waals surface area contributed by atoms with Gasteiger partial charge in [0.25, 0.3) is 0 Å². The first kappa shape index (κ1) is 27.5. The van der Waals surface area contributed by atoms with Gasteiger partial charge in [0.2, 0.25) is 0 Å². The molecule has 6 nitrogen and oxygen atoms in total. The van der Waals surface area contributed by atoms with Crippen molar-refractivity contribution < 1.29 is 9.59 Å². The first-order valence-corrected chi connectivity index (χ1v) is 13.5. The molecule has 4 rings (SSSR count). The van der Waals surface area contributed by atoms with Gasteiger partial charge in [-0.2, -0.15) is 0 Å². The van der Waals surface area contributed by atoms with Gasteiger partial charge in [0, 0.05) is 24.5 Å². The van der Waals surface area contributed by atoms with E-state index in [1.807, 2.05) is 84.9 Å². The van der Waals surface area contributed by atoms with Crippen molar-refractivity contribution in [3.05, 3.63) is 131 Å². The summed E-state index contributed by atoms with van der Waals surface area (Å²) in [4.78, 5) is 24.4. The number of nitrogens with one attached hydrogen (secondary N) is 4. The Labute approximate surface area is 230 Å². The number of carbonyl (C=O) groups is 2. The molecule has 0 spiro atoms. The highest BCUT2D eigenvalue weighted by Crippen LogP contribution is 2.16. The molecule has 0 saturated heterocycles. The summed E-state index contributed by atoms with van der Waals surface area (Å²) < 4.78 is 0. The van der Waals surface area contributed by atoms with Gasteiger partial charge in [0.1, 0.15) is 0 Å². The summed E-state index contributed by atoms with van der Waals surface area (Å²) in [5, 5.41) is 11.6. The summed E-state index contributed by atoms with van der Waals surface area (Å²) in [6.07, 6.45) is 4.43. The Kier molecular flexibility index (Phi) is 10.5. The number of anilines is 2. The Morgan fingerprint density at radius 1 is 0.462 bits per heavy atom. The van der Waals surface area contributed by atoms with E-state index in [0.29, 0.717) is 13.1 Å². The zero-order chi connectivity index (χ0) is 27.1. The van der Waals surface area contributed by atoms with Gasteiger partial charge in [-0.05, 0) is 78.6 Å². The molecule has 0 atom stereocenters. The van der Waals surface area contributed by atoms with Crippen LogP contribution < -0.4 is 21.3 Å². The molecule has 0 aliphatic rings. The number of rotatable bonds is 12. The van der Waals surface area contributed by atoms with Gasteiger partial charge < -0.3 is 21.3 Å². The SMILES string of the molecule is O=C(NCCCc1ccccc1)Nc1ccc(Cc2ccc(NC(=O)NCCCc3ccccc3)cc2)cc1. The Morgan fingerprint density at radius 2 is 0.846 bits per heavy atom. The highest BCUT2D eigenvalue weighted by Gasteiger charge is 2.04. The molecule has 0 aromatic heterocycles. The lowest BCUT2D eigenvalue weighted by Gasteiger charge is -2.10. The molecule has 0 aliphatic heterocycles. The summed E-state index contributed by atoms with van der Waals surface area (Å²) in [7, 11) is 0. The molecule has 0 heterocycles. The van der Waals surface area contributed by atoms with Crippen molar-refractivity contribution in [2.24, 2.45) is 0 Å². The van der Waals surface area contributed by atoms with Crippen LogP contribution >= 0.6 is 0 Å². The van der Waals surface area contributed by atoms with Gasteiger partial charge in [0.05, 0.1) is 0 Å². The molecule has 0 radical (unpaired) electrons. The van der Waals surface area contributed by atoms with E-state index >= 15 is 0 Å². The fourth-order valence-electron chi connectivity index (χ4n) is 4.28. The lowest BCUT2D eigenvalue weighted by atomic mass is 10.0. The lowest BCUT2D eigenvalue weighted by Crippen LogP contribution is -2.29. The number of urea groups is 2. The third-order valence-corrected chi connectivity index (χ3v) is 6.37. The van der Waals surface area contributed by atoms with Crippen molar-refractivity contribution in [1.82, 2.24) is 10.6 Å². The summed E-state index contributed by atoms with van der Waals surface area (Å²) in [5.74, 6) is 0. The maximum Gasteiger partial charge on any atom is 0.319 e. The first-order valence-electron chi connectivity index (χ1n) is 13.5. The lowest BCUT2D eigenvalue weighted by molar-refractivity contribution is 0.251. The van der Waals surface area contributed by atoms with Crippen LogP contribution in [0.25, 0.3) is 0 Å². The summed E-state index contributed by atoms with van der Waals surface area (Å²) in [6, 6.07) is 35.8. The topological polar surface area (TPSA) is 82.3 Å². The predicted molar refractivity (Wildman–Crippen MR) is 159 cm³/mol. The molecule has 4 aromatic carbocycles. The standard InChI is InChI=1S/C33H36N4O2/c38-32(34-23-7-13-26-9-3-1-4-10-26)36-30-19-15-28(16-20-30)25-29-17-21-31(22-18-29)37-33(39)35-24-8-14-27-11-5-2-6-12-27/h1-6,9-12,15-22H,7-8,13-14,23-25H2,(H2,34,36,38)(H2,35,37,39). The number of amides is 4. The number of carbonyl (C=O) groups excluding carboxylic acids is 2. The maximum atomic E-state index is 12.2. The quantitative estimate of drug-likeness (QED) is 0.155. The molecule has 4 amide bonds. The average molecular weight is 521 g/mol. The van der Waals surface area contributed by atoms with E-state index in [1.54, 1.807) is 0 Å². The summed E-state index contributed by atoms with van der Waals surface area (Å²) >= 11 is 0. The minimum Gasteiger partial charge on any atom is -0.338 e. The Bertz CT molecular complexity index is 1190. The summed E-state index contributed by atoms with van der Waals surface area (Å²) in [5.41, 5.74) is 6.34. The second-order valence-electron chi connectivity index (χ2n) is 9.51. The molecule has 6 heteroatoms. The Hall–Kier alpha value is -4.58. The van der Waals surface area contributed by atoms with Crippen molar-refractivity contribution in [1.29, 1.82) is 0 Å². The predicted octanol–water partition coefficient (Wildman–Crippen LogP) is 6.79. The van der Waals surface area contributed by atoms with Crippen molar-refractivity contribution in [3.63, 3.8) is 0 Å². The van der Waals surface area contributed by atoms with Gasteiger partial charge in [0.15, 0.2) is 0 Å². The smallest absolute Gasteiger partial charge is 0.319 e. The second kappa shape index (κ2) is 15.0. The highest BCUT2D eigenvalue weighted by molar-refractivity contribution is 5.89. The molecule has 39 heavy (non-hydrogen) atoms. The third-order valence-electron chi connectivity index (χ3n) is 6.37. The molecule has 0 aliphatic carbocycles. The van der Waals surface area contributed by atoms with E-state index in [2.05, 4.69) is 45.5 Å². The van der Waals surface area contributed by atoms with E-state index in [0.717, 1.165) is 54.6 Å². The molecule has 0 bridgehead atoms. The van der Waals surface area contributed by atoms with Crippen molar-refractivity contribution in [3.8, 4) is 0 Å².